The normalized spacial score (nSPS) is 17.9. The number of rotatable bonds is 4. The molecule has 0 amide bonds. The minimum atomic E-state index is 0.171. The number of nitrogens with two attached hydrogens (primary N) is 1. The number of benzene rings is 1. The van der Waals surface area contributed by atoms with Gasteiger partial charge in [0.25, 0.3) is 0 Å². The Bertz CT molecular complexity index is 613. The Kier molecular flexibility index (Phi) is 3.66. The molecule has 0 spiro atoms. The molecule has 0 bridgehead atoms. The molecule has 1 aromatic carbocycles. The van der Waals surface area contributed by atoms with E-state index in [1.165, 1.54) is 0 Å². The van der Waals surface area contributed by atoms with Gasteiger partial charge in [-0.2, -0.15) is 0 Å². The Morgan fingerprint density at radius 2 is 1.95 bits per heavy atom. The third-order valence-corrected chi connectivity index (χ3v) is 3.63. The van der Waals surface area contributed by atoms with Gasteiger partial charge in [-0.05, 0) is 18.6 Å². The molecule has 1 aromatic heterocycles. The van der Waals surface area contributed by atoms with Gasteiger partial charge in [-0.1, -0.05) is 6.07 Å². The van der Waals surface area contributed by atoms with E-state index in [1.54, 1.807) is 18.8 Å². The van der Waals surface area contributed by atoms with Gasteiger partial charge >= 0.3 is 0 Å². The predicted octanol–water partition coefficient (Wildman–Crippen LogP) is 1.37. The van der Waals surface area contributed by atoms with E-state index in [4.69, 9.17) is 19.9 Å². The maximum atomic E-state index is 6.03. The molecular formula is C14H18N4O3. The highest BCUT2D eigenvalue weighted by Gasteiger charge is 2.27. The molecule has 21 heavy (non-hydrogen) atoms. The fourth-order valence-corrected chi connectivity index (χ4v) is 2.59. The molecule has 0 saturated carbocycles. The van der Waals surface area contributed by atoms with Gasteiger partial charge in [0.05, 0.1) is 20.8 Å². The molecule has 1 atom stereocenters. The Balaban J connectivity index is 2.18. The lowest BCUT2D eigenvalue weighted by Gasteiger charge is -2.17. The van der Waals surface area contributed by atoms with Crippen molar-refractivity contribution in [3.63, 3.8) is 0 Å². The van der Waals surface area contributed by atoms with Gasteiger partial charge in [-0.3, -0.25) is 4.57 Å². The molecule has 1 aliphatic rings. The summed E-state index contributed by atoms with van der Waals surface area (Å²) in [5.41, 5.74) is 6.74. The molecule has 3 rings (SSSR count). The van der Waals surface area contributed by atoms with Crippen LogP contribution >= 0.6 is 0 Å². The van der Waals surface area contributed by atoms with Crippen LogP contribution in [-0.2, 0) is 4.74 Å². The van der Waals surface area contributed by atoms with Crippen LogP contribution in [0.2, 0.25) is 0 Å². The first-order valence-corrected chi connectivity index (χ1v) is 6.76. The zero-order valence-electron chi connectivity index (χ0n) is 12.1. The number of ether oxygens (including phenoxy) is 3. The standard InChI is InChI=1S/C14H18N4O3/c1-19-10-4-3-5-11(20-2)12(10)18-13(16-17-14(18)15)9-6-7-21-8-9/h3-5,9H,6-8H2,1-2H3,(H2,15,17)/t9-/m0/s1. The summed E-state index contributed by atoms with van der Waals surface area (Å²) in [6.45, 7) is 1.34. The second-order valence-electron chi connectivity index (χ2n) is 4.82. The van der Waals surface area contributed by atoms with Gasteiger partial charge in [0, 0.05) is 12.5 Å². The molecule has 2 heterocycles. The monoisotopic (exact) mass is 290 g/mol. The first-order valence-electron chi connectivity index (χ1n) is 6.76. The van der Waals surface area contributed by atoms with E-state index in [1.807, 2.05) is 18.2 Å². The van der Waals surface area contributed by atoms with Crippen LogP contribution in [0.3, 0.4) is 0 Å². The zero-order valence-corrected chi connectivity index (χ0v) is 12.1. The van der Waals surface area contributed by atoms with Crippen LogP contribution < -0.4 is 15.2 Å². The summed E-state index contributed by atoms with van der Waals surface area (Å²) >= 11 is 0. The maximum absolute atomic E-state index is 6.03. The fraction of sp³-hybridized carbons (Fsp3) is 0.429. The number of nitrogens with zero attached hydrogens (tertiary/aromatic N) is 3. The summed E-state index contributed by atoms with van der Waals surface area (Å²) < 4.78 is 18.1. The number of nitrogen functional groups attached to an aromatic ring is 1. The van der Waals surface area contributed by atoms with Crippen molar-refractivity contribution < 1.29 is 14.2 Å². The van der Waals surface area contributed by atoms with Crippen LogP contribution in [0.15, 0.2) is 18.2 Å². The fourth-order valence-electron chi connectivity index (χ4n) is 2.59. The van der Waals surface area contributed by atoms with Crippen LogP contribution in [0.4, 0.5) is 5.95 Å². The zero-order chi connectivity index (χ0) is 14.8. The molecule has 0 radical (unpaired) electrons. The molecule has 0 unspecified atom stereocenters. The lowest BCUT2D eigenvalue weighted by Crippen LogP contribution is -2.12. The second-order valence-corrected chi connectivity index (χ2v) is 4.82. The van der Waals surface area contributed by atoms with Crippen molar-refractivity contribution in [2.45, 2.75) is 12.3 Å². The molecule has 7 heteroatoms. The molecule has 2 aromatic rings. The highest BCUT2D eigenvalue weighted by atomic mass is 16.5. The lowest BCUT2D eigenvalue weighted by atomic mass is 10.1. The molecule has 7 nitrogen and oxygen atoms in total. The van der Waals surface area contributed by atoms with Crippen LogP contribution in [0.5, 0.6) is 11.5 Å². The number of hydrogen-bond donors (Lipinski definition) is 1. The van der Waals surface area contributed by atoms with Gasteiger partial charge in [0.15, 0.2) is 0 Å². The number of hydrogen-bond acceptors (Lipinski definition) is 6. The summed E-state index contributed by atoms with van der Waals surface area (Å²) in [5.74, 6) is 2.55. The summed E-state index contributed by atoms with van der Waals surface area (Å²) in [6.07, 6.45) is 0.898. The van der Waals surface area contributed by atoms with E-state index in [9.17, 15) is 0 Å². The summed E-state index contributed by atoms with van der Waals surface area (Å²) in [6, 6.07) is 5.57. The smallest absolute Gasteiger partial charge is 0.226 e. The van der Waals surface area contributed by atoms with Gasteiger partial charge in [-0.25, -0.2) is 0 Å². The summed E-state index contributed by atoms with van der Waals surface area (Å²) in [7, 11) is 3.22. The van der Waals surface area contributed by atoms with Gasteiger partial charge in [-0.15, -0.1) is 10.2 Å². The third-order valence-electron chi connectivity index (χ3n) is 3.63. The van der Waals surface area contributed by atoms with E-state index >= 15 is 0 Å². The van der Waals surface area contributed by atoms with Crippen LogP contribution in [0, 0.1) is 0 Å². The molecule has 1 saturated heterocycles. The SMILES string of the molecule is COc1cccc(OC)c1-n1c(N)nnc1[C@H]1CCOC1. The average Bonchev–Trinajstić information content (AvgIpc) is 3.15. The van der Waals surface area contributed by atoms with E-state index in [0.717, 1.165) is 18.9 Å². The Morgan fingerprint density at radius 1 is 1.24 bits per heavy atom. The molecular weight excluding hydrogens is 272 g/mol. The topological polar surface area (TPSA) is 84.4 Å². The lowest BCUT2D eigenvalue weighted by molar-refractivity contribution is 0.193. The Morgan fingerprint density at radius 3 is 2.52 bits per heavy atom. The largest absolute Gasteiger partial charge is 0.494 e. The minimum Gasteiger partial charge on any atom is -0.494 e. The third kappa shape index (κ3) is 2.29. The molecule has 0 aliphatic carbocycles. The number of aromatic nitrogens is 3. The van der Waals surface area contributed by atoms with Crippen molar-refractivity contribution in [3.05, 3.63) is 24.0 Å². The summed E-state index contributed by atoms with van der Waals surface area (Å²) in [5, 5.41) is 8.23. The van der Waals surface area contributed by atoms with Crippen molar-refractivity contribution in [2.75, 3.05) is 33.2 Å². The quantitative estimate of drug-likeness (QED) is 0.915. The van der Waals surface area contributed by atoms with Gasteiger partial charge < -0.3 is 19.9 Å². The Labute approximate surface area is 122 Å². The number of para-hydroxylation sites is 1. The van der Waals surface area contributed by atoms with E-state index in [0.29, 0.717) is 29.7 Å². The van der Waals surface area contributed by atoms with E-state index in [-0.39, 0.29) is 5.92 Å². The van der Waals surface area contributed by atoms with Crippen molar-refractivity contribution >= 4 is 5.95 Å². The molecule has 112 valence electrons. The van der Waals surface area contributed by atoms with Crippen molar-refractivity contribution in [3.8, 4) is 17.2 Å². The molecule has 1 fully saturated rings. The van der Waals surface area contributed by atoms with Crippen molar-refractivity contribution in [1.29, 1.82) is 0 Å². The van der Waals surface area contributed by atoms with Crippen LogP contribution in [-0.4, -0.2) is 42.2 Å². The first-order chi connectivity index (χ1) is 10.3. The van der Waals surface area contributed by atoms with Gasteiger partial charge in [0.2, 0.25) is 5.95 Å². The number of methoxy groups -OCH3 is 2. The predicted molar refractivity (Wildman–Crippen MR) is 77.1 cm³/mol. The Hall–Kier alpha value is -2.28. The molecule has 1 aliphatic heterocycles. The van der Waals surface area contributed by atoms with E-state index < -0.39 is 0 Å². The average molecular weight is 290 g/mol. The first kappa shape index (κ1) is 13.7. The number of anilines is 1. The van der Waals surface area contributed by atoms with Crippen molar-refractivity contribution in [1.82, 2.24) is 14.8 Å². The van der Waals surface area contributed by atoms with Crippen LogP contribution in [0.1, 0.15) is 18.2 Å². The highest BCUT2D eigenvalue weighted by Crippen LogP contribution is 2.37. The highest BCUT2D eigenvalue weighted by molar-refractivity contribution is 5.60. The van der Waals surface area contributed by atoms with E-state index in [2.05, 4.69) is 10.2 Å². The van der Waals surface area contributed by atoms with Gasteiger partial charge in [0.1, 0.15) is 23.0 Å². The van der Waals surface area contributed by atoms with Crippen LogP contribution in [0.25, 0.3) is 5.69 Å². The maximum Gasteiger partial charge on any atom is 0.226 e. The molecule has 2 N–H and O–H groups in total. The minimum absolute atomic E-state index is 0.171. The summed E-state index contributed by atoms with van der Waals surface area (Å²) in [4.78, 5) is 0. The van der Waals surface area contributed by atoms with Crippen molar-refractivity contribution in [2.24, 2.45) is 0 Å². The second kappa shape index (κ2) is 5.61.